The van der Waals surface area contributed by atoms with Gasteiger partial charge in [0.15, 0.2) is 0 Å². The third-order valence-electron chi connectivity index (χ3n) is 5.43. The molecule has 1 spiro atoms. The summed E-state index contributed by atoms with van der Waals surface area (Å²) in [6.07, 6.45) is 10.2. The zero-order valence-corrected chi connectivity index (χ0v) is 13.4. The van der Waals surface area contributed by atoms with E-state index in [1.165, 1.54) is 19.4 Å². The third kappa shape index (κ3) is 2.60. The van der Waals surface area contributed by atoms with Crippen LogP contribution in [0.25, 0.3) is 0 Å². The molecule has 0 unspecified atom stereocenters. The van der Waals surface area contributed by atoms with Crippen LogP contribution in [0.4, 0.5) is 5.69 Å². The normalized spacial score (nSPS) is 23.3. The number of nitrogens with zero attached hydrogens (tertiary/aromatic N) is 2. The summed E-state index contributed by atoms with van der Waals surface area (Å²) in [5.74, 6) is 3.65. The van der Waals surface area contributed by atoms with Crippen LogP contribution in [0.3, 0.4) is 0 Å². The number of rotatable bonds is 3. The number of nitrogens with one attached hydrogen (secondary N) is 1. The molecule has 120 valence electrons. The molecular formula is C19H23N3O. The largest absolute Gasteiger partial charge is 0.362 e. The van der Waals surface area contributed by atoms with Crippen LogP contribution in [-0.2, 0) is 0 Å². The van der Waals surface area contributed by atoms with Gasteiger partial charge in [0, 0.05) is 38.2 Å². The van der Waals surface area contributed by atoms with Gasteiger partial charge in [0.1, 0.15) is 5.66 Å². The fraction of sp³-hybridized carbons (Fsp3) is 0.526. The second-order valence-corrected chi connectivity index (χ2v) is 7.04. The van der Waals surface area contributed by atoms with Crippen LogP contribution in [0.15, 0.2) is 24.3 Å². The summed E-state index contributed by atoms with van der Waals surface area (Å²) in [4.78, 5) is 17.4. The van der Waals surface area contributed by atoms with E-state index in [0.717, 1.165) is 43.1 Å². The molecule has 0 radical (unpaired) electrons. The molecule has 4 rings (SSSR count). The van der Waals surface area contributed by atoms with Gasteiger partial charge in [-0.3, -0.25) is 4.79 Å². The topological polar surface area (TPSA) is 35.6 Å². The summed E-state index contributed by atoms with van der Waals surface area (Å²) < 4.78 is 0. The Bertz CT molecular complexity index is 651. The maximum atomic E-state index is 12.9. The molecule has 1 saturated heterocycles. The van der Waals surface area contributed by atoms with E-state index in [2.05, 4.69) is 16.1 Å². The predicted octanol–water partition coefficient (Wildman–Crippen LogP) is 2.39. The number of fused-ring (bicyclic) bond motifs is 1. The Morgan fingerprint density at radius 3 is 2.70 bits per heavy atom. The van der Waals surface area contributed by atoms with Gasteiger partial charge >= 0.3 is 0 Å². The van der Waals surface area contributed by atoms with E-state index in [9.17, 15) is 4.79 Å². The highest BCUT2D eigenvalue weighted by molar-refractivity contribution is 6.02. The van der Waals surface area contributed by atoms with E-state index in [-0.39, 0.29) is 11.6 Å². The van der Waals surface area contributed by atoms with Crippen LogP contribution < -0.4 is 5.32 Å². The molecule has 4 nitrogen and oxygen atoms in total. The number of likely N-dealkylation sites (tertiary alicyclic amines) is 1. The number of carbonyl (C=O) groups is 1. The number of benzene rings is 1. The fourth-order valence-corrected chi connectivity index (χ4v) is 3.92. The molecule has 4 heteroatoms. The molecule has 0 atom stereocenters. The Kier molecular flexibility index (Phi) is 3.54. The number of para-hydroxylation sites is 1. The molecule has 0 aromatic heterocycles. The first-order valence-corrected chi connectivity index (χ1v) is 8.57. The van der Waals surface area contributed by atoms with Gasteiger partial charge in [-0.25, -0.2) is 0 Å². The van der Waals surface area contributed by atoms with Crippen LogP contribution in [0.5, 0.6) is 0 Å². The summed E-state index contributed by atoms with van der Waals surface area (Å²) in [5, 5.41) is 3.65. The first kappa shape index (κ1) is 14.6. The number of hydrogen-bond donors (Lipinski definition) is 1. The number of anilines is 1. The summed E-state index contributed by atoms with van der Waals surface area (Å²) in [6.45, 7) is 3.64. The van der Waals surface area contributed by atoms with Crippen molar-refractivity contribution in [1.29, 1.82) is 0 Å². The first-order chi connectivity index (χ1) is 11.2. The lowest BCUT2D eigenvalue weighted by atomic mass is 9.90. The van der Waals surface area contributed by atoms with Crippen molar-refractivity contribution in [3.63, 3.8) is 0 Å². The van der Waals surface area contributed by atoms with Crippen molar-refractivity contribution < 1.29 is 4.79 Å². The minimum atomic E-state index is -0.322. The molecule has 1 amide bonds. The smallest absolute Gasteiger partial charge is 0.258 e. The SMILES string of the molecule is C#CCN1C(=O)c2ccccc2NC12CCN(CC1CC1)CC2. The van der Waals surface area contributed by atoms with Crippen molar-refractivity contribution in [2.75, 3.05) is 31.5 Å². The summed E-state index contributed by atoms with van der Waals surface area (Å²) in [5.41, 5.74) is 1.35. The molecule has 1 saturated carbocycles. The highest BCUT2D eigenvalue weighted by atomic mass is 16.2. The molecule has 2 heterocycles. The molecule has 3 aliphatic rings. The molecule has 0 bridgehead atoms. The quantitative estimate of drug-likeness (QED) is 0.871. The number of hydrogen-bond acceptors (Lipinski definition) is 3. The lowest BCUT2D eigenvalue weighted by Crippen LogP contribution is -2.64. The van der Waals surface area contributed by atoms with Gasteiger partial charge in [0.25, 0.3) is 5.91 Å². The molecular weight excluding hydrogens is 286 g/mol. The van der Waals surface area contributed by atoms with E-state index in [1.54, 1.807) is 0 Å². The Balaban J connectivity index is 1.59. The van der Waals surface area contributed by atoms with E-state index >= 15 is 0 Å². The maximum Gasteiger partial charge on any atom is 0.258 e. The monoisotopic (exact) mass is 309 g/mol. The predicted molar refractivity (Wildman–Crippen MR) is 91.1 cm³/mol. The second-order valence-electron chi connectivity index (χ2n) is 7.04. The second kappa shape index (κ2) is 5.58. The number of piperidine rings is 1. The highest BCUT2D eigenvalue weighted by Crippen LogP contribution is 2.38. The molecule has 1 aromatic carbocycles. The minimum absolute atomic E-state index is 0.0629. The van der Waals surface area contributed by atoms with E-state index < -0.39 is 0 Å². The van der Waals surface area contributed by atoms with Crippen molar-refractivity contribution in [2.45, 2.75) is 31.3 Å². The zero-order chi connectivity index (χ0) is 15.9. The third-order valence-corrected chi connectivity index (χ3v) is 5.43. The summed E-state index contributed by atoms with van der Waals surface area (Å²) >= 11 is 0. The van der Waals surface area contributed by atoms with Gasteiger partial charge in [-0.2, -0.15) is 0 Å². The van der Waals surface area contributed by atoms with Gasteiger partial charge in [0.2, 0.25) is 0 Å². The molecule has 2 fully saturated rings. The number of terminal acetylenes is 1. The van der Waals surface area contributed by atoms with Crippen LogP contribution >= 0.6 is 0 Å². The zero-order valence-electron chi connectivity index (χ0n) is 13.4. The van der Waals surface area contributed by atoms with Crippen LogP contribution in [0, 0.1) is 18.3 Å². The van der Waals surface area contributed by atoms with Crippen molar-refractivity contribution >= 4 is 11.6 Å². The maximum absolute atomic E-state index is 12.9. The fourth-order valence-electron chi connectivity index (χ4n) is 3.92. The standard InChI is InChI=1S/C19H23N3O/c1-2-11-22-18(23)16-5-3-4-6-17(16)20-19(22)9-12-21(13-10-19)14-15-7-8-15/h1,3-6,15,20H,7-14H2. The van der Waals surface area contributed by atoms with Crippen molar-refractivity contribution in [3.8, 4) is 12.3 Å². The Labute approximate surface area is 137 Å². The highest BCUT2D eigenvalue weighted by Gasteiger charge is 2.46. The Hall–Kier alpha value is -1.99. The van der Waals surface area contributed by atoms with Crippen LogP contribution in [-0.4, -0.2) is 47.5 Å². The average molecular weight is 309 g/mol. The molecule has 1 N–H and O–H groups in total. The minimum Gasteiger partial charge on any atom is -0.362 e. The van der Waals surface area contributed by atoms with E-state index in [0.29, 0.717) is 6.54 Å². The number of carbonyl (C=O) groups excluding carboxylic acids is 1. The van der Waals surface area contributed by atoms with Gasteiger partial charge in [-0.15, -0.1) is 6.42 Å². The average Bonchev–Trinajstić information content (AvgIpc) is 3.38. The van der Waals surface area contributed by atoms with Gasteiger partial charge < -0.3 is 15.1 Å². The first-order valence-electron chi connectivity index (χ1n) is 8.57. The molecule has 2 aliphatic heterocycles. The van der Waals surface area contributed by atoms with Gasteiger partial charge in [-0.1, -0.05) is 18.1 Å². The van der Waals surface area contributed by atoms with Crippen LogP contribution in [0.2, 0.25) is 0 Å². The molecule has 1 aliphatic carbocycles. The molecule has 23 heavy (non-hydrogen) atoms. The van der Waals surface area contributed by atoms with E-state index in [1.807, 2.05) is 29.2 Å². The van der Waals surface area contributed by atoms with Gasteiger partial charge in [-0.05, 0) is 30.9 Å². The van der Waals surface area contributed by atoms with Crippen molar-refractivity contribution in [2.24, 2.45) is 5.92 Å². The van der Waals surface area contributed by atoms with Crippen molar-refractivity contribution in [1.82, 2.24) is 9.80 Å². The van der Waals surface area contributed by atoms with E-state index in [4.69, 9.17) is 6.42 Å². The molecule has 1 aromatic rings. The lowest BCUT2D eigenvalue weighted by molar-refractivity contribution is 0.0317. The Morgan fingerprint density at radius 2 is 2.00 bits per heavy atom. The summed E-state index contributed by atoms with van der Waals surface area (Å²) in [6, 6.07) is 7.76. The number of amides is 1. The van der Waals surface area contributed by atoms with Crippen LogP contribution in [0.1, 0.15) is 36.0 Å². The van der Waals surface area contributed by atoms with Gasteiger partial charge in [0.05, 0.1) is 12.1 Å². The lowest BCUT2D eigenvalue weighted by Gasteiger charge is -2.51. The summed E-state index contributed by atoms with van der Waals surface area (Å²) in [7, 11) is 0. The van der Waals surface area contributed by atoms with Crippen molar-refractivity contribution in [3.05, 3.63) is 29.8 Å². The Morgan fingerprint density at radius 1 is 1.26 bits per heavy atom.